The zero-order valence-electron chi connectivity index (χ0n) is 11.4. The number of H-pyrrole nitrogens is 2. The van der Waals surface area contributed by atoms with Crippen molar-refractivity contribution in [1.29, 1.82) is 0 Å². The Bertz CT molecular complexity index is 769. The molecule has 0 bridgehead atoms. The van der Waals surface area contributed by atoms with E-state index >= 15 is 0 Å². The Morgan fingerprint density at radius 2 is 2.18 bits per heavy atom. The highest BCUT2D eigenvalue weighted by atomic mass is 35.5. The van der Waals surface area contributed by atoms with Gasteiger partial charge in [0.15, 0.2) is 11.5 Å². The number of aromatic nitrogens is 6. The number of nitrogens with zero attached hydrogens (tertiary/aromatic N) is 4. The molecular formula is C12H13ClN8O. The summed E-state index contributed by atoms with van der Waals surface area (Å²) in [4.78, 5) is 33.6. The summed E-state index contributed by atoms with van der Waals surface area (Å²) in [5, 5.41) is 5.79. The molecule has 3 aromatic rings. The monoisotopic (exact) mass is 320 g/mol. The number of amides is 1. The Labute approximate surface area is 129 Å². The summed E-state index contributed by atoms with van der Waals surface area (Å²) in [6.07, 6.45) is 5.51. The maximum absolute atomic E-state index is 11.8. The number of carbonyl (C=O) groups is 1. The van der Waals surface area contributed by atoms with Crippen LogP contribution in [0.3, 0.4) is 0 Å². The van der Waals surface area contributed by atoms with Crippen molar-refractivity contribution in [1.82, 2.24) is 35.2 Å². The number of aromatic amines is 2. The van der Waals surface area contributed by atoms with Crippen molar-refractivity contribution < 1.29 is 4.79 Å². The number of rotatable bonds is 6. The lowest BCUT2D eigenvalue weighted by Crippen LogP contribution is -2.31. The summed E-state index contributed by atoms with van der Waals surface area (Å²) in [5.41, 5.74) is 2.02. The third-order valence-corrected chi connectivity index (χ3v) is 3.12. The normalized spacial score (nSPS) is 10.8. The van der Waals surface area contributed by atoms with Crippen molar-refractivity contribution in [3.05, 3.63) is 29.8 Å². The Morgan fingerprint density at radius 1 is 1.27 bits per heavy atom. The predicted molar refractivity (Wildman–Crippen MR) is 80.5 cm³/mol. The molecular weight excluding hydrogens is 308 g/mol. The van der Waals surface area contributed by atoms with E-state index in [1.165, 1.54) is 6.33 Å². The summed E-state index contributed by atoms with van der Waals surface area (Å²) < 4.78 is 0. The van der Waals surface area contributed by atoms with Gasteiger partial charge < -0.3 is 20.6 Å². The molecule has 0 saturated carbocycles. The smallest absolute Gasteiger partial charge is 0.239 e. The Kier molecular flexibility index (Phi) is 4.15. The molecule has 0 aliphatic carbocycles. The maximum Gasteiger partial charge on any atom is 0.239 e. The van der Waals surface area contributed by atoms with Gasteiger partial charge in [0, 0.05) is 24.9 Å². The second kappa shape index (κ2) is 6.39. The zero-order chi connectivity index (χ0) is 15.4. The lowest BCUT2D eigenvalue weighted by molar-refractivity contribution is -0.119. The fraction of sp³-hybridized carbons (Fsp3) is 0.250. The first-order valence-corrected chi connectivity index (χ1v) is 6.94. The highest BCUT2D eigenvalue weighted by Crippen LogP contribution is 2.17. The number of nitrogens with one attached hydrogen (secondary N) is 4. The molecule has 0 aliphatic heterocycles. The molecule has 114 valence electrons. The number of fused-ring (bicyclic) bond motifs is 1. The van der Waals surface area contributed by atoms with E-state index in [4.69, 9.17) is 11.6 Å². The van der Waals surface area contributed by atoms with Crippen molar-refractivity contribution in [2.75, 3.05) is 18.4 Å². The molecule has 3 aromatic heterocycles. The maximum atomic E-state index is 11.8. The standard InChI is InChI=1S/C12H13ClN8O/c13-12-20-10(9-11(21-12)19-6-18-9)16-4-8(22)15-2-1-7-3-14-5-17-7/h3,5-6H,1-2,4H2,(H,14,17)(H,15,22)(H2,16,18,19,20,21). The average Bonchev–Trinajstić information content (AvgIpc) is 3.15. The molecule has 10 heteroatoms. The van der Waals surface area contributed by atoms with Crippen molar-refractivity contribution >= 4 is 34.5 Å². The molecule has 1 amide bonds. The first-order chi connectivity index (χ1) is 10.7. The minimum Gasteiger partial charge on any atom is -0.359 e. The third kappa shape index (κ3) is 3.31. The van der Waals surface area contributed by atoms with Gasteiger partial charge in [-0.05, 0) is 11.6 Å². The Morgan fingerprint density at radius 3 is 3.00 bits per heavy atom. The van der Waals surface area contributed by atoms with Gasteiger partial charge >= 0.3 is 0 Å². The molecule has 0 radical (unpaired) electrons. The number of carbonyl (C=O) groups excluding carboxylic acids is 1. The van der Waals surface area contributed by atoms with Gasteiger partial charge in [-0.1, -0.05) is 0 Å². The van der Waals surface area contributed by atoms with E-state index in [0.717, 1.165) is 5.69 Å². The fourth-order valence-corrected chi connectivity index (χ4v) is 2.08. The Hall–Kier alpha value is -2.68. The van der Waals surface area contributed by atoms with Gasteiger partial charge in [0.2, 0.25) is 11.2 Å². The van der Waals surface area contributed by atoms with Gasteiger partial charge in [-0.25, -0.2) is 9.97 Å². The van der Waals surface area contributed by atoms with E-state index in [0.29, 0.717) is 29.9 Å². The highest BCUT2D eigenvalue weighted by Gasteiger charge is 2.10. The van der Waals surface area contributed by atoms with Crippen LogP contribution in [0.5, 0.6) is 0 Å². The number of anilines is 1. The first-order valence-electron chi connectivity index (χ1n) is 6.57. The topological polar surface area (TPSA) is 124 Å². The fourth-order valence-electron chi connectivity index (χ4n) is 1.92. The van der Waals surface area contributed by atoms with Gasteiger partial charge in [0.25, 0.3) is 0 Å². The van der Waals surface area contributed by atoms with Crippen LogP contribution in [0.4, 0.5) is 5.82 Å². The van der Waals surface area contributed by atoms with Crippen molar-refractivity contribution in [2.24, 2.45) is 0 Å². The van der Waals surface area contributed by atoms with Crippen molar-refractivity contribution in [3.63, 3.8) is 0 Å². The third-order valence-electron chi connectivity index (χ3n) is 2.95. The molecule has 0 aromatic carbocycles. The molecule has 0 atom stereocenters. The average molecular weight is 321 g/mol. The van der Waals surface area contributed by atoms with Gasteiger partial charge in [-0.15, -0.1) is 0 Å². The van der Waals surface area contributed by atoms with E-state index in [-0.39, 0.29) is 17.7 Å². The molecule has 3 heterocycles. The minimum absolute atomic E-state index is 0.0711. The van der Waals surface area contributed by atoms with E-state index in [1.54, 1.807) is 12.5 Å². The summed E-state index contributed by atoms with van der Waals surface area (Å²) >= 11 is 5.81. The second-order valence-corrected chi connectivity index (χ2v) is 4.81. The first kappa shape index (κ1) is 14.3. The van der Waals surface area contributed by atoms with Crippen LogP contribution in [-0.2, 0) is 11.2 Å². The molecule has 22 heavy (non-hydrogen) atoms. The van der Waals surface area contributed by atoms with E-state index in [9.17, 15) is 4.79 Å². The molecule has 0 saturated heterocycles. The minimum atomic E-state index is -0.151. The summed E-state index contributed by atoms with van der Waals surface area (Å²) in [6, 6.07) is 0. The van der Waals surface area contributed by atoms with Gasteiger partial charge in [-0.2, -0.15) is 9.97 Å². The number of hydrogen-bond donors (Lipinski definition) is 4. The molecule has 9 nitrogen and oxygen atoms in total. The van der Waals surface area contributed by atoms with Crippen LogP contribution in [-0.4, -0.2) is 48.9 Å². The SMILES string of the molecule is O=C(CNc1nc(Cl)nc2nc[nH]c12)NCCc1cnc[nH]1. The second-order valence-electron chi connectivity index (χ2n) is 4.47. The highest BCUT2D eigenvalue weighted by molar-refractivity contribution is 6.28. The summed E-state index contributed by atoms with van der Waals surface area (Å²) in [6.45, 7) is 0.594. The van der Waals surface area contributed by atoms with Gasteiger partial charge in [-0.3, -0.25) is 4.79 Å². The van der Waals surface area contributed by atoms with E-state index < -0.39 is 0 Å². The molecule has 3 rings (SSSR count). The van der Waals surface area contributed by atoms with Crippen LogP contribution < -0.4 is 10.6 Å². The van der Waals surface area contributed by atoms with Crippen LogP contribution in [0, 0.1) is 0 Å². The molecule has 0 unspecified atom stereocenters. The van der Waals surface area contributed by atoms with Gasteiger partial charge in [0.05, 0.1) is 19.2 Å². The quantitative estimate of drug-likeness (QED) is 0.490. The van der Waals surface area contributed by atoms with Gasteiger partial charge in [0.1, 0.15) is 5.52 Å². The van der Waals surface area contributed by atoms with E-state index in [2.05, 4.69) is 40.5 Å². The summed E-state index contributed by atoms with van der Waals surface area (Å²) in [5.74, 6) is 0.290. The molecule has 0 aliphatic rings. The van der Waals surface area contributed by atoms with Crippen LogP contribution in [0.15, 0.2) is 18.9 Å². The lowest BCUT2D eigenvalue weighted by atomic mass is 10.3. The largest absolute Gasteiger partial charge is 0.359 e. The van der Waals surface area contributed by atoms with Crippen molar-refractivity contribution in [3.8, 4) is 0 Å². The molecule has 0 spiro atoms. The van der Waals surface area contributed by atoms with Crippen molar-refractivity contribution in [2.45, 2.75) is 6.42 Å². The Balaban J connectivity index is 1.52. The zero-order valence-corrected chi connectivity index (χ0v) is 12.2. The number of imidazole rings is 2. The van der Waals surface area contributed by atoms with Crippen LogP contribution in [0.1, 0.15) is 5.69 Å². The molecule has 4 N–H and O–H groups in total. The summed E-state index contributed by atoms with van der Waals surface area (Å²) in [7, 11) is 0. The number of hydrogen-bond acceptors (Lipinski definition) is 6. The van der Waals surface area contributed by atoms with E-state index in [1.807, 2.05) is 0 Å². The van der Waals surface area contributed by atoms with Crippen LogP contribution in [0.25, 0.3) is 11.2 Å². The lowest BCUT2D eigenvalue weighted by Gasteiger charge is -2.07. The van der Waals surface area contributed by atoms with Crippen LogP contribution >= 0.6 is 11.6 Å². The predicted octanol–water partition coefficient (Wildman–Crippen LogP) is 0.500. The van der Waals surface area contributed by atoms with Crippen LogP contribution in [0.2, 0.25) is 5.28 Å². The molecule has 0 fully saturated rings. The number of halogens is 1.